The van der Waals surface area contributed by atoms with Gasteiger partial charge in [-0.05, 0) is 17.9 Å². The Bertz CT molecular complexity index is 520. The van der Waals surface area contributed by atoms with Gasteiger partial charge in [0.2, 0.25) is 5.76 Å². The first-order valence-electron chi connectivity index (χ1n) is 5.17. The van der Waals surface area contributed by atoms with E-state index in [4.69, 9.17) is 14.6 Å². The van der Waals surface area contributed by atoms with Crippen LogP contribution in [0.1, 0.15) is 15.2 Å². The lowest BCUT2D eigenvalue weighted by Gasteiger charge is -2.15. The van der Waals surface area contributed by atoms with Gasteiger partial charge in [0.1, 0.15) is 24.4 Å². The number of aryl methyl sites for hydroxylation is 1. The summed E-state index contributed by atoms with van der Waals surface area (Å²) >= 11 is 1.07. The Morgan fingerprint density at radius 1 is 1.44 bits per heavy atom. The van der Waals surface area contributed by atoms with E-state index in [0.29, 0.717) is 24.5 Å². The minimum Gasteiger partial charge on any atom is -0.494 e. The van der Waals surface area contributed by atoms with Crippen molar-refractivity contribution in [2.75, 3.05) is 18.5 Å². The smallest absolute Gasteiger partial charge is 0.348 e. The number of carboxylic acids is 1. The Labute approximate surface area is 107 Å². The van der Waals surface area contributed by atoms with Gasteiger partial charge in [-0.25, -0.2) is 4.79 Å². The first-order valence-corrected chi connectivity index (χ1v) is 6.05. The van der Waals surface area contributed by atoms with Crippen molar-refractivity contribution in [2.45, 2.75) is 6.92 Å². The molecule has 1 aliphatic heterocycles. The van der Waals surface area contributed by atoms with E-state index in [2.05, 4.69) is 5.32 Å². The van der Waals surface area contributed by atoms with Crippen LogP contribution >= 0.6 is 11.3 Å². The number of rotatable bonds is 3. The summed E-state index contributed by atoms with van der Waals surface area (Å²) in [5.41, 5.74) is 0.996. The molecule has 18 heavy (non-hydrogen) atoms. The Morgan fingerprint density at radius 2 is 2.22 bits per heavy atom. The zero-order valence-electron chi connectivity index (χ0n) is 9.56. The molecule has 0 aliphatic carbocycles. The zero-order valence-corrected chi connectivity index (χ0v) is 10.4. The van der Waals surface area contributed by atoms with Gasteiger partial charge in [-0.2, -0.15) is 0 Å². The molecule has 0 spiro atoms. The third-order valence-electron chi connectivity index (χ3n) is 2.28. The number of hydrogen-bond donors (Lipinski definition) is 2. The molecule has 0 unspecified atom stereocenters. The quantitative estimate of drug-likeness (QED) is 0.870. The maximum absolute atomic E-state index is 11.8. The van der Waals surface area contributed by atoms with Crippen molar-refractivity contribution in [1.82, 2.24) is 0 Å². The molecule has 0 saturated heterocycles. The summed E-state index contributed by atoms with van der Waals surface area (Å²) in [6, 6.07) is 0. The van der Waals surface area contributed by atoms with Gasteiger partial charge in [0.25, 0.3) is 5.91 Å². The van der Waals surface area contributed by atoms with Crippen molar-refractivity contribution in [3.63, 3.8) is 0 Å². The molecule has 0 saturated carbocycles. The third kappa shape index (κ3) is 2.45. The monoisotopic (exact) mass is 269 g/mol. The van der Waals surface area contributed by atoms with Gasteiger partial charge in [0.05, 0.1) is 5.69 Å². The number of carbonyl (C=O) groups is 2. The van der Waals surface area contributed by atoms with Crippen LogP contribution in [0.2, 0.25) is 0 Å². The van der Waals surface area contributed by atoms with Crippen LogP contribution in [0.25, 0.3) is 0 Å². The van der Waals surface area contributed by atoms with Gasteiger partial charge in [0.15, 0.2) is 0 Å². The van der Waals surface area contributed by atoms with Crippen LogP contribution in [0.15, 0.2) is 17.4 Å². The van der Waals surface area contributed by atoms with Gasteiger partial charge in [0, 0.05) is 0 Å². The minimum atomic E-state index is -1.07. The Kier molecular flexibility index (Phi) is 3.52. The fourth-order valence-corrected chi connectivity index (χ4v) is 2.26. The average molecular weight is 269 g/mol. The molecule has 0 aromatic carbocycles. The summed E-state index contributed by atoms with van der Waals surface area (Å²) in [4.78, 5) is 22.9. The second kappa shape index (κ2) is 5.09. The van der Waals surface area contributed by atoms with E-state index in [1.165, 1.54) is 6.26 Å². The molecular weight excluding hydrogens is 258 g/mol. The Balaban J connectivity index is 2.18. The maximum atomic E-state index is 11.8. The number of amides is 1. The molecule has 2 N–H and O–H groups in total. The van der Waals surface area contributed by atoms with E-state index in [-0.39, 0.29) is 10.6 Å². The molecule has 6 nitrogen and oxygen atoms in total. The molecule has 1 aromatic heterocycles. The topological polar surface area (TPSA) is 84.9 Å². The molecule has 0 atom stereocenters. The highest BCUT2D eigenvalue weighted by Gasteiger charge is 2.21. The van der Waals surface area contributed by atoms with E-state index >= 15 is 0 Å². The standard InChI is InChI=1S/C11H11NO5S/c1-6-5-18-9(11(14)15)8(6)12-10(13)7-4-16-2-3-17-7/h4-5H,2-3H2,1H3,(H,12,13)(H,14,15). The number of hydrogen-bond acceptors (Lipinski definition) is 5. The van der Waals surface area contributed by atoms with Crippen molar-refractivity contribution in [3.05, 3.63) is 27.8 Å². The fraction of sp³-hybridized carbons (Fsp3) is 0.273. The van der Waals surface area contributed by atoms with E-state index in [0.717, 1.165) is 11.3 Å². The molecule has 2 rings (SSSR count). The molecule has 7 heteroatoms. The fourth-order valence-electron chi connectivity index (χ4n) is 1.42. The largest absolute Gasteiger partial charge is 0.494 e. The number of ether oxygens (including phenoxy) is 2. The van der Waals surface area contributed by atoms with Crippen molar-refractivity contribution in [3.8, 4) is 0 Å². The summed E-state index contributed by atoms with van der Waals surface area (Å²) in [6.07, 6.45) is 1.22. The predicted molar refractivity (Wildman–Crippen MR) is 64.6 cm³/mol. The van der Waals surface area contributed by atoms with Crippen molar-refractivity contribution in [1.29, 1.82) is 0 Å². The SMILES string of the molecule is Cc1csc(C(=O)O)c1NC(=O)C1=COCCO1. The molecule has 0 fully saturated rings. The molecule has 1 aliphatic rings. The second-order valence-electron chi connectivity index (χ2n) is 3.58. The molecule has 96 valence electrons. The van der Waals surface area contributed by atoms with Crippen LogP contribution in [0.3, 0.4) is 0 Å². The number of thiophene rings is 1. The van der Waals surface area contributed by atoms with Crippen LogP contribution in [-0.2, 0) is 14.3 Å². The van der Waals surface area contributed by atoms with Crippen LogP contribution in [0.5, 0.6) is 0 Å². The first-order chi connectivity index (χ1) is 8.59. The third-order valence-corrected chi connectivity index (χ3v) is 3.37. The van der Waals surface area contributed by atoms with Gasteiger partial charge in [-0.1, -0.05) is 0 Å². The lowest BCUT2D eigenvalue weighted by molar-refractivity contribution is -0.117. The lowest BCUT2D eigenvalue weighted by Crippen LogP contribution is -2.22. The van der Waals surface area contributed by atoms with Gasteiger partial charge in [-0.3, -0.25) is 4.79 Å². The van der Waals surface area contributed by atoms with Gasteiger partial charge in [-0.15, -0.1) is 11.3 Å². The number of aromatic carboxylic acids is 1. The summed E-state index contributed by atoms with van der Waals surface area (Å²) in [5.74, 6) is -1.54. The summed E-state index contributed by atoms with van der Waals surface area (Å²) in [5, 5.41) is 13.2. The molecule has 1 aromatic rings. The van der Waals surface area contributed by atoms with Crippen LogP contribution in [0.4, 0.5) is 5.69 Å². The molecule has 0 bridgehead atoms. The maximum Gasteiger partial charge on any atom is 0.348 e. The number of nitrogens with one attached hydrogen (secondary N) is 1. The number of anilines is 1. The average Bonchev–Trinajstić information content (AvgIpc) is 2.72. The van der Waals surface area contributed by atoms with E-state index in [9.17, 15) is 9.59 Å². The minimum absolute atomic E-state index is 0.0446. The summed E-state index contributed by atoms with van der Waals surface area (Å²) in [7, 11) is 0. The van der Waals surface area contributed by atoms with Gasteiger partial charge >= 0.3 is 5.97 Å². The van der Waals surface area contributed by atoms with Crippen LogP contribution < -0.4 is 5.32 Å². The number of carboxylic acid groups (broad SMARTS) is 1. The molecule has 0 radical (unpaired) electrons. The number of carbonyl (C=O) groups excluding carboxylic acids is 1. The van der Waals surface area contributed by atoms with Crippen molar-refractivity contribution >= 4 is 28.9 Å². The Hall–Kier alpha value is -2.02. The highest BCUT2D eigenvalue weighted by molar-refractivity contribution is 7.12. The van der Waals surface area contributed by atoms with E-state index in [1.807, 2.05) is 0 Å². The summed E-state index contributed by atoms with van der Waals surface area (Å²) < 4.78 is 10.1. The highest BCUT2D eigenvalue weighted by atomic mass is 32.1. The zero-order chi connectivity index (χ0) is 13.1. The normalized spacial score (nSPS) is 14.2. The lowest BCUT2D eigenvalue weighted by atomic mass is 10.2. The second-order valence-corrected chi connectivity index (χ2v) is 4.46. The molecular formula is C11H11NO5S. The molecule has 2 heterocycles. The van der Waals surface area contributed by atoms with E-state index in [1.54, 1.807) is 12.3 Å². The summed E-state index contributed by atoms with van der Waals surface area (Å²) in [6.45, 7) is 2.42. The van der Waals surface area contributed by atoms with Crippen LogP contribution in [0, 0.1) is 6.92 Å². The predicted octanol–water partition coefficient (Wildman–Crippen LogP) is 1.58. The highest BCUT2D eigenvalue weighted by Crippen LogP contribution is 2.28. The Morgan fingerprint density at radius 3 is 2.83 bits per heavy atom. The van der Waals surface area contributed by atoms with Crippen molar-refractivity contribution in [2.24, 2.45) is 0 Å². The molecule has 1 amide bonds. The van der Waals surface area contributed by atoms with E-state index < -0.39 is 11.9 Å². The van der Waals surface area contributed by atoms with Crippen molar-refractivity contribution < 1.29 is 24.2 Å². The van der Waals surface area contributed by atoms with Crippen LogP contribution in [-0.4, -0.2) is 30.2 Å². The first kappa shape index (κ1) is 12.4. The van der Waals surface area contributed by atoms with Gasteiger partial charge < -0.3 is 19.9 Å².